The smallest absolute Gasteiger partial charge is 0.130 e. The Labute approximate surface area is 147 Å². The largest absolute Gasteiger partial charge is 0.465 e. The molecule has 1 heteroatoms. The lowest BCUT2D eigenvalue weighted by molar-refractivity contribution is 0.370. The van der Waals surface area contributed by atoms with Gasteiger partial charge < -0.3 is 4.74 Å². The molecule has 1 heterocycles. The molecule has 0 saturated carbocycles. The number of allylic oxidation sites excluding steroid dienone is 5. The minimum Gasteiger partial charge on any atom is -0.465 e. The van der Waals surface area contributed by atoms with Gasteiger partial charge in [-0.25, -0.2) is 0 Å². The van der Waals surface area contributed by atoms with Crippen LogP contribution in [0.4, 0.5) is 0 Å². The Morgan fingerprint density at radius 3 is 2.68 bits per heavy atom. The van der Waals surface area contributed by atoms with Crippen LogP contribution in [0.3, 0.4) is 0 Å². The van der Waals surface area contributed by atoms with Gasteiger partial charge in [0, 0.05) is 5.57 Å². The lowest BCUT2D eigenvalue weighted by Gasteiger charge is -2.21. The summed E-state index contributed by atoms with van der Waals surface area (Å²) in [5.41, 5.74) is 4.37. The third-order valence-corrected chi connectivity index (χ3v) is 5.43. The maximum Gasteiger partial charge on any atom is 0.130 e. The van der Waals surface area contributed by atoms with E-state index in [1.54, 1.807) is 6.26 Å². The molecule has 2 aliphatic carbocycles. The molecule has 0 fully saturated rings. The Balaban J connectivity index is 1.84. The van der Waals surface area contributed by atoms with Crippen molar-refractivity contribution in [3.05, 3.63) is 105 Å². The lowest BCUT2D eigenvalue weighted by Crippen LogP contribution is -2.23. The van der Waals surface area contributed by atoms with Crippen molar-refractivity contribution in [2.24, 2.45) is 0 Å². The summed E-state index contributed by atoms with van der Waals surface area (Å²) in [6.07, 6.45) is 16.7. The average molecular weight is 324 g/mol. The minimum atomic E-state index is 0.992. The SMILES string of the molecule is C1=CC=C(C2=c3ccc4c(c3CCC2)CC=c2ccccc2=4)OC=C1. The molecule has 5 rings (SSSR count). The van der Waals surface area contributed by atoms with Crippen molar-refractivity contribution >= 4 is 11.6 Å². The van der Waals surface area contributed by atoms with Gasteiger partial charge in [0.2, 0.25) is 0 Å². The molecule has 1 aliphatic heterocycles. The maximum absolute atomic E-state index is 5.87. The normalized spacial score (nSPS) is 17.4. The van der Waals surface area contributed by atoms with Crippen molar-refractivity contribution in [1.82, 2.24) is 0 Å². The summed E-state index contributed by atoms with van der Waals surface area (Å²) >= 11 is 0. The van der Waals surface area contributed by atoms with Gasteiger partial charge in [-0.15, -0.1) is 0 Å². The Morgan fingerprint density at radius 2 is 1.68 bits per heavy atom. The number of hydrogen-bond acceptors (Lipinski definition) is 1. The zero-order valence-corrected chi connectivity index (χ0v) is 14.2. The van der Waals surface area contributed by atoms with Gasteiger partial charge in [-0.3, -0.25) is 0 Å². The fourth-order valence-electron chi connectivity index (χ4n) is 4.29. The maximum atomic E-state index is 5.87. The van der Waals surface area contributed by atoms with Crippen LogP contribution in [0.15, 0.2) is 72.7 Å². The van der Waals surface area contributed by atoms with Gasteiger partial charge >= 0.3 is 0 Å². The molecule has 3 aliphatic rings. The van der Waals surface area contributed by atoms with Crippen molar-refractivity contribution in [2.45, 2.75) is 25.7 Å². The van der Waals surface area contributed by atoms with Gasteiger partial charge in [0.05, 0.1) is 6.26 Å². The van der Waals surface area contributed by atoms with Crippen LogP contribution in [0.1, 0.15) is 24.0 Å². The molecule has 122 valence electrons. The van der Waals surface area contributed by atoms with Gasteiger partial charge in [0.25, 0.3) is 0 Å². The van der Waals surface area contributed by atoms with Crippen molar-refractivity contribution < 1.29 is 4.74 Å². The standard InChI is InChI=1S/C24H20O/c1-2-11-24(25-16-5-1)23-10-6-9-19-21-13-12-17-7-3-4-8-18(17)20(21)14-15-22(19)23/h1-5,7-8,11-12,14-16H,6,9-10,13H2. The third-order valence-electron chi connectivity index (χ3n) is 5.43. The second-order valence-corrected chi connectivity index (χ2v) is 6.81. The number of benzene rings is 2. The fourth-order valence-corrected chi connectivity index (χ4v) is 4.29. The van der Waals surface area contributed by atoms with Crippen molar-refractivity contribution in [3.63, 3.8) is 0 Å². The predicted octanol–water partition coefficient (Wildman–Crippen LogP) is 3.78. The summed E-state index contributed by atoms with van der Waals surface area (Å²) in [7, 11) is 0. The Kier molecular flexibility index (Phi) is 3.45. The fraction of sp³-hybridized carbons (Fsp3) is 0.167. The molecule has 0 unspecified atom stereocenters. The Morgan fingerprint density at radius 1 is 0.760 bits per heavy atom. The van der Waals surface area contributed by atoms with Crippen molar-refractivity contribution in [1.29, 1.82) is 0 Å². The monoisotopic (exact) mass is 324 g/mol. The van der Waals surface area contributed by atoms with Crippen molar-refractivity contribution in [2.75, 3.05) is 0 Å². The van der Waals surface area contributed by atoms with E-state index in [0.29, 0.717) is 0 Å². The van der Waals surface area contributed by atoms with Crippen LogP contribution in [-0.4, -0.2) is 0 Å². The average Bonchev–Trinajstić information content (AvgIpc) is 2.96. The van der Waals surface area contributed by atoms with Gasteiger partial charge in [0.15, 0.2) is 0 Å². The zero-order chi connectivity index (χ0) is 16.6. The van der Waals surface area contributed by atoms with E-state index in [1.807, 2.05) is 12.2 Å². The van der Waals surface area contributed by atoms with Crippen LogP contribution < -0.4 is 10.4 Å². The van der Waals surface area contributed by atoms with E-state index >= 15 is 0 Å². The third kappa shape index (κ3) is 2.39. The summed E-state index contributed by atoms with van der Waals surface area (Å²) in [4.78, 5) is 0. The highest BCUT2D eigenvalue weighted by Crippen LogP contribution is 2.26. The van der Waals surface area contributed by atoms with Crippen LogP contribution in [0, 0.1) is 10.4 Å². The molecule has 0 spiro atoms. The molecule has 2 aromatic rings. The predicted molar refractivity (Wildman–Crippen MR) is 102 cm³/mol. The minimum absolute atomic E-state index is 0.992. The summed E-state index contributed by atoms with van der Waals surface area (Å²) in [5.74, 6) is 0.992. The van der Waals surface area contributed by atoms with Gasteiger partial charge in [0.1, 0.15) is 5.76 Å². The first kappa shape index (κ1) is 14.5. The van der Waals surface area contributed by atoms with Crippen LogP contribution in [0.2, 0.25) is 0 Å². The highest BCUT2D eigenvalue weighted by Gasteiger charge is 2.18. The summed E-state index contributed by atoms with van der Waals surface area (Å²) in [5, 5.41) is 5.52. The molecule has 0 aromatic heterocycles. The molecule has 0 radical (unpaired) electrons. The molecule has 25 heavy (non-hydrogen) atoms. The molecular weight excluding hydrogens is 304 g/mol. The molecule has 0 N–H and O–H groups in total. The van der Waals surface area contributed by atoms with E-state index in [-0.39, 0.29) is 0 Å². The zero-order valence-electron chi connectivity index (χ0n) is 14.2. The molecule has 0 bridgehead atoms. The van der Waals surface area contributed by atoms with E-state index in [2.05, 4.69) is 54.6 Å². The first-order valence-electron chi connectivity index (χ1n) is 9.06. The van der Waals surface area contributed by atoms with Crippen molar-refractivity contribution in [3.8, 4) is 0 Å². The second kappa shape index (κ2) is 5.93. The quantitative estimate of drug-likeness (QED) is 0.776. The molecule has 0 saturated heterocycles. The van der Waals surface area contributed by atoms with Crippen LogP contribution in [-0.2, 0) is 17.6 Å². The molecule has 2 aromatic carbocycles. The van der Waals surface area contributed by atoms with E-state index in [4.69, 9.17) is 4.74 Å². The molecule has 0 amide bonds. The topological polar surface area (TPSA) is 9.23 Å². The summed E-state index contributed by atoms with van der Waals surface area (Å²) in [6.45, 7) is 0. The molecular formula is C24H20O. The van der Waals surface area contributed by atoms with Gasteiger partial charge in [-0.1, -0.05) is 54.6 Å². The van der Waals surface area contributed by atoms with Crippen LogP contribution >= 0.6 is 0 Å². The summed E-state index contributed by atoms with van der Waals surface area (Å²) in [6, 6.07) is 13.4. The van der Waals surface area contributed by atoms with E-state index < -0.39 is 0 Å². The van der Waals surface area contributed by atoms with Crippen LogP contribution in [0.5, 0.6) is 0 Å². The molecule has 1 nitrogen and oxygen atoms in total. The van der Waals surface area contributed by atoms with E-state index in [9.17, 15) is 0 Å². The lowest BCUT2D eigenvalue weighted by atomic mass is 9.85. The van der Waals surface area contributed by atoms with E-state index in [1.165, 1.54) is 44.0 Å². The highest BCUT2D eigenvalue weighted by atomic mass is 16.5. The highest BCUT2D eigenvalue weighted by molar-refractivity contribution is 5.66. The van der Waals surface area contributed by atoms with Gasteiger partial charge in [-0.05, 0) is 69.8 Å². The molecule has 0 atom stereocenters. The van der Waals surface area contributed by atoms with Crippen LogP contribution in [0.25, 0.3) is 11.6 Å². The number of hydrogen-bond donors (Lipinski definition) is 0. The van der Waals surface area contributed by atoms with E-state index in [0.717, 1.165) is 25.0 Å². The number of fused-ring (bicyclic) bond motifs is 4. The second-order valence-electron chi connectivity index (χ2n) is 6.81. The first-order chi connectivity index (χ1) is 12.4. The first-order valence-corrected chi connectivity index (χ1v) is 9.06. The Bertz CT molecular complexity index is 1160. The summed E-state index contributed by atoms with van der Waals surface area (Å²) < 4.78 is 5.87. The number of rotatable bonds is 1. The van der Waals surface area contributed by atoms with Gasteiger partial charge in [-0.2, -0.15) is 0 Å². The number of ether oxygens (including phenoxy) is 1. The Hall–Kier alpha value is -2.80.